The molecule has 0 atom stereocenters. The number of methoxy groups -OCH3 is 1. The Balaban J connectivity index is 2.19. The third-order valence-corrected chi connectivity index (χ3v) is 4.73. The minimum atomic E-state index is 0.829. The van der Waals surface area contributed by atoms with E-state index < -0.39 is 0 Å². The summed E-state index contributed by atoms with van der Waals surface area (Å²) in [6.07, 6.45) is 3.48. The lowest BCUT2D eigenvalue weighted by atomic mass is 10.3. The van der Waals surface area contributed by atoms with Crippen molar-refractivity contribution in [1.29, 1.82) is 0 Å². The Morgan fingerprint density at radius 1 is 1.12 bits per heavy atom. The number of rotatable bonds is 12. The van der Waals surface area contributed by atoms with Crippen molar-refractivity contribution in [3.63, 3.8) is 0 Å². The normalized spacial score (nSPS) is 17.5. The summed E-state index contributed by atoms with van der Waals surface area (Å²) in [6, 6.07) is 0. The Labute approximate surface area is 161 Å². The molecule has 0 amide bonds. The van der Waals surface area contributed by atoms with Crippen molar-refractivity contribution in [2.75, 3.05) is 93.3 Å². The molecule has 0 unspecified atom stereocenters. The van der Waals surface area contributed by atoms with E-state index >= 15 is 0 Å². The number of nitrogens with zero attached hydrogens (tertiary/aromatic N) is 4. The van der Waals surface area contributed by atoms with Gasteiger partial charge in [-0.25, -0.2) is 0 Å². The molecule has 1 rings (SSSR count). The summed E-state index contributed by atoms with van der Waals surface area (Å²) in [5.41, 5.74) is 0. The Bertz CT molecular complexity index is 366. The molecule has 0 aliphatic carbocycles. The maximum absolute atomic E-state index is 5.10. The third kappa shape index (κ3) is 11.7. The molecule has 7 nitrogen and oxygen atoms in total. The lowest BCUT2D eigenvalue weighted by Crippen LogP contribution is -2.41. The second-order valence-electron chi connectivity index (χ2n) is 7.19. The molecule has 0 saturated carbocycles. The number of hydrogen-bond acceptors (Lipinski definition) is 5. The molecule has 1 saturated heterocycles. The van der Waals surface area contributed by atoms with Crippen LogP contribution in [0.1, 0.15) is 26.2 Å². The first-order valence-electron chi connectivity index (χ1n) is 10.3. The maximum atomic E-state index is 5.10. The molecule has 0 aromatic rings. The molecule has 26 heavy (non-hydrogen) atoms. The highest BCUT2D eigenvalue weighted by atomic mass is 16.5. The number of hydrogen-bond donors (Lipinski definition) is 2. The number of likely N-dealkylation sites (N-methyl/N-ethyl adjacent to an activating group) is 2. The van der Waals surface area contributed by atoms with Gasteiger partial charge in [0.2, 0.25) is 0 Å². The molecule has 0 aromatic heterocycles. The van der Waals surface area contributed by atoms with Crippen LogP contribution in [-0.2, 0) is 4.74 Å². The van der Waals surface area contributed by atoms with E-state index in [1.807, 2.05) is 0 Å². The fourth-order valence-corrected chi connectivity index (χ4v) is 3.11. The topological polar surface area (TPSA) is 55.4 Å². The van der Waals surface area contributed by atoms with E-state index in [1.54, 1.807) is 7.11 Å². The van der Waals surface area contributed by atoms with E-state index in [0.717, 1.165) is 64.7 Å². The van der Waals surface area contributed by atoms with Crippen molar-refractivity contribution in [2.45, 2.75) is 26.2 Å². The van der Waals surface area contributed by atoms with Gasteiger partial charge in [-0.2, -0.15) is 0 Å². The minimum Gasteiger partial charge on any atom is -0.385 e. The molecule has 7 heteroatoms. The van der Waals surface area contributed by atoms with Gasteiger partial charge in [-0.3, -0.25) is 4.99 Å². The van der Waals surface area contributed by atoms with Gasteiger partial charge in [-0.05, 0) is 59.9 Å². The van der Waals surface area contributed by atoms with E-state index in [4.69, 9.17) is 9.73 Å². The first-order valence-corrected chi connectivity index (χ1v) is 10.3. The molecular formula is C19H42N6O. The van der Waals surface area contributed by atoms with Crippen LogP contribution in [0.4, 0.5) is 0 Å². The fourth-order valence-electron chi connectivity index (χ4n) is 3.11. The number of aliphatic imine (C=N–C) groups is 1. The van der Waals surface area contributed by atoms with Crippen molar-refractivity contribution in [2.24, 2.45) is 4.99 Å². The first-order chi connectivity index (χ1) is 12.7. The van der Waals surface area contributed by atoms with Crippen molar-refractivity contribution in [3.05, 3.63) is 0 Å². The van der Waals surface area contributed by atoms with Crippen LogP contribution < -0.4 is 10.6 Å². The Morgan fingerprint density at radius 3 is 2.73 bits per heavy atom. The van der Waals surface area contributed by atoms with Crippen LogP contribution >= 0.6 is 0 Å². The van der Waals surface area contributed by atoms with Crippen LogP contribution in [0.25, 0.3) is 0 Å². The summed E-state index contributed by atoms with van der Waals surface area (Å²) < 4.78 is 5.10. The van der Waals surface area contributed by atoms with Gasteiger partial charge < -0.3 is 30.1 Å². The highest BCUT2D eigenvalue weighted by molar-refractivity contribution is 5.79. The third-order valence-electron chi connectivity index (χ3n) is 4.73. The highest BCUT2D eigenvalue weighted by Gasteiger charge is 2.11. The standard InChI is InChI=1S/C19H42N6O/c1-5-20-19(22-10-15-23(2)12-8-18-26-4)21-9-6-13-25-14-7-11-24(3)16-17-25/h5-18H2,1-4H3,(H2,20,21,22). The van der Waals surface area contributed by atoms with E-state index in [-0.39, 0.29) is 0 Å². The SMILES string of the molecule is CCNC(=NCCCN1CCCN(C)CC1)NCCN(C)CCCOC. The van der Waals surface area contributed by atoms with Crippen LogP contribution in [0.2, 0.25) is 0 Å². The van der Waals surface area contributed by atoms with E-state index in [2.05, 4.69) is 46.4 Å². The van der Waals surface area contributed by atoms with Gasteiger partial charge in [0.1, 0.15) is 0 Å². The molecule has 0 radical (unpaired) electrons. The van der Waals surface area contributed by atoms with Gasteiger partial charge in [0.05, 0.1) is 0 Å². The number of nitrogens with one attached hydrogen (secondary N) is 2. The molecule has 0 aromatic carbocycles. The summed E-state index contributed by atoms with van der Waals surface area (Å²) in [7, 11) is 6.13. The molecule has 2 N–H and O–H groups in total. The quantitative estimate of drug-likeness (QED) is 0.297. The molecule has 1 heterocycles. The first kappa shape index (κ1) is 23.1. The van der Waals surface area contributed by atoms with Gasteiger partial charge >= 0.3 is 0 Å². The Kier molecular flexibility index (Phi) is 13.5. The lowest BCUT2D eigenvalue weighted by molar-refractivity contribution is 0.180. The predicted molar refractivity (Wildman–Crippen MR) is 111 cm³/mol. The predicted octanol–water partition coefficient (Wildman–Crippen LogP) is 0.537. The summed E-state index contributed by atoms with van der Waals surface area (Å²) >= 11 is 0. The number of ether oxygens (including phenoxy) is 1. The monoisotopic (exact) mass is 370 g/mol. The second-order valence-corrected chi connectivity index (χ2v) is 7.19. The molecule has 1 aliphatic rings. The summed E-state index contributed by atoms with van der Waals surface area (Å²) in [5, 5.41) is 6.78. The molecule has 0 spiro atoms. The molecular weight excluding hydrogens is 328 g/mol. The number of guanidine groups is 1. The van der Waals surface area contributed by atoms with E-state index in [0.29, 0.717) is 0 Å². The maximum Gasteiger partial charge on any atom is 0.191 e. The van der Waals surface area contributed by atoms with Gasteiger partial charge in [-0.1, -0.05) is 0 Å². The molecule has 1 aliphatic heterocycles. The van der Waals surface area contributed by atoms with Crippen molar-refractivity contribution in [1.82, 2.24) is 25.3 Å². The van der Waals surface area contributed by atoms with Gasteiger partial charge in [0.25, 0.3) is 0 Å². The van der Waals surface area contributed by atoms with E-state index in [1.165, 1.54) is 32.6 Å². The zero-order chi connectivity index (χ0) is 19.0. The summed E-state index contributed by atoms with van der Waals surface area (Å²) in [6.45, 7) is 13.7. The highest BCUT2D eigenvalue weighted by Crippen LogP contribution is 2.01. The van der Waals surface area contributed by atoms with Gasteiger partial charge in [-0.15, -0.1) is 0 Å². The van der Waals surface area contributed by atoms with Gasteiger partial charge in [0, 0.05) is 59.5 Å². The molecule has 0 bridgehead atoms. The van der Waals surface area contributed by atoms with Crippen molar-refractivity contribution >= 4 is 5.96 Å². The van der Waals surface area contributed by atoms with Crippen LogP contribution in [0.15, 0.2) is 4.99 Å². The van der Waals surface area contributed by atoms with Crippen LogP contribution in [-0.4, -0.2) is 114 Å². The molecule has 1 fully saturated rings. The van der Waals surface area contributed by atoms with Crippen LogP contribution in [0.3, 0.4) is 0 Å². The Morgan fingerprint density at radius 2 is 1.96 bits per heavy atom. The average Bonchev–Trinajstić information content (AvgIpc) is 2.83. The lowest BCUT2D eigenvalue weighted by Gasteiger charge is -2.20. The van der Waals surface area contributed by atoms with Crippen molar-refractivity contribution in [3.8, 4) is 0 Å². The molecule has 154 valence electrons. The van der Waals surface area contributed by atoms with E-state index in [9.17, 15) is 0 Å². The largest absolute Gasteiger partial charge is 0.385 e. The van der Waals surface area contributed by atoms with Crippen LogP contribution in [0.5, 0.6) is 0 Å². The average molecular weight is 371 g/mol. The Hall–Kier alpha value is -0.890. The minimum absolute atomic E-state index is 0.829. The zero-order valence-corrected chi connectivity index (χ0v) is 17.6. The van der Waals surface area contributed by atoms with Gasteiger partial charge in [0.15, 0.2) is 5.96 Å². The second kappa shape index (κ2) is 15.2. The van der Waals surface area contributed by atoms with Crippen LogP contribution in [0, 0.1) is 0 Å². The van der Waals surface area contributed by atoms with Crippen molar-refractivity contribution < 1.29 is 4.74 Å². The zero-order valence-electron chi connectivity index (χ0n) is 17.6. The fraction of sp³-hybridized carbons (Fsp3) is 0.947. The summed E-state index contributed by atoms with van der Waals surface area (Å²) in [5.74, 6) is 0.938. The summed E-state index contributed by atoms with van der Waals surface area (Å²) in [4.78, 5) is 12.1. The smallest absolute Gasteiger partial charge is 0.191 e.